The molecule has 0 saturated heterocycles. The molecule has 6 aliphatic rings. The van der Waals surface area contributed by atoms with Gasteiger partial charge in [-0.25, -0.2) is 0 Å². The SMILES string of the molecule is CCCCCCCC1CCC(C2CCC(C(CCOCCC(C3CCC(CCCCCCC)CC3)C3CCC(C4CCC(CCCCCCC)CC4)CC3)C3CCC(CCCCCCC)CC3)CC2)CC1. The first-order valence-corrected chi connectivity index (χ1v) is 34.7. The first kappa shape index (κ1) is 60.2. The lowest BCUT2D eigenvalue weighted by Gasteiger charge is -2.43. The molecular formula is C70H130O. The topological polar surface area (TPSA) is 9.23 Å². The zero-order valence-electron chi connectivity index (χ0n) is 49.3. The highest BCUT2D eigenvalue weighted by molar-refractivity contribution is 4.90. The van der Waals surface area contributed by atoms with Crippen LogP contribution in [0.4, 0.5) is 0 Å². The van der Waals surface area contributed by atoms with Gasteiger partial charge in [0.2, 0.25) is 0 Å². The van der Waals surface area contributed by atoms with Gasteiger partial charge in [0.1, 0.15) is 0 Å². The summed E-state index contributed by atoms with van der Waals surface area (Å²) in [5.41, 5.74) is 0. The molecule has 6 saturated carbocycles. The largest absolute Gasteiger partial charge is 0.381 e. The van der Waals surface area contributed by atoms with Crippen molar-refractivity contribution in [3.05, 3.63) is 0 Å². The number of hydrogen-bond acceptors (Lipinski definition) is 1. The Balaban J connectivity index is 0.975. The van der Waals surface area contributed by atoms with Crippen LogP contribution < -0.4 is 0 Å². The highest BCUT2D eigenvalue weighted by atomic mass is 16.5. The summed E-state index contributed by atoms with van der Waals surface area (Å²) in [4.78, 5) is 0. The zero-order valence-corrected chi connectivity index (χ0v) is 49.3. The maximum absolute atomic E-state index is 7.02. The molecule has 71 heavy (non-hydrogen) atoms. The standard InChI is InChI=1S/C70H130O/c1-5-9-13-17-21-25-57-29-37-61(38-30-57)63-45-49-67(50-46-63)69(65-41-33-59(34-42-65)27-23-19-15-11-7-3)53-55-71-56-54-70(66-43-35-60(36-44-66)28-24-20-16-12-8-4)68-51-47-64(48-52-68)62-39-31-58(32-40-62)26-22-18-14-10-6-2/h57-70H,5-56H2,1-4H3. The summed E-state index contributed by atoms with van der Waals surface area (Å²) < 4.78 is 7.02. The first-order chi connectivity index (χ1) is 35.1. The van der Waals surface area contributed by atoms with Gasteiger partial charge in [0.15, 0.2) is 0 Å². The Kier molecular flexibility index (Phi) is 31.3. The van der Waals surface area contributed by atoms with Crippen LogP contribution in [0, 0.1) is 82.9 Å². The van der Waals surface area contributed by atoms with Crippen molar-refractivity contribution in [2.75, 3.05) is 13.2 Å². The molecule has 0 aromatic rings. The summed E-state index contributed by atoms with van der Waals surface area (Å²) in [5, 5.41) is 0. The van der Waals surface area contributed by atoms with Gasteiger partial charge >= 0.3 is 0 Å². The molecule has 6 fully saturated rings. The molecule has 0 aromatic carbocycles. The monoisotopic (exact) mass is 987 g/mol. The van der Waals surface area contributed by atoms with Crippen molar-refractivity contribution < 1.29 is 4.74 Å². The average Bonchev–Trinajstić information content (AvgIpc) is 3.41. The van der Waals surface area contributed by atoms with Crippen molar-refractivity contribution in [1.82, 2.24) is 0 Å². The van der Waals surface area contributed by atoms with Gasteiger partial charge in [-0.15, -0.1) is 0 Å². The molecule has 6 aliphatic carbocycles. The smallest absolute Gasteiger partial charge is 0.0468 e. The van der Waals surface area contributed by atoms with E-state index in [1.807, 2.05) is 0 Å². The fourth-order valence-electron chi connectivity index (χ4n) is 18.2. The highest BCUT2D eigenvalue weighted by Crippen LogP contribution is 2.50. The van der Waals surface area contributed by atoms with E-state index in [2.05, 4.69) is 27.7 Å². The van der Waals surface area contributed by atoms with Crippen molar-refractivity contribution in [3.63, 3.8) is 0 Å². The lowest BCUT2D eigenvalue weighted by Crippen LogP contribution is -2.34. The maximum atomic E-state index is 7.02. The molecule has 0 spiro atoms. The number of ether oxygens (including phenoxy) is 1. The van der Waals surface area contributed by atoms with Gasteiger partial charge in [-0.3, -0.25) is 0 Å². The molecule has 0 amide bonds. The maximum Gasteiger partial charge on any atom is 0.0468 e. The number of rotatable bonds is 36. The Bertz CT molecular complexity index is 1110. The molecule has 0 aliphatic heterocycles. The molecule has 0 N–H and O–H groups in total. The lowest BCUT2D eigenvalue weighted by molar-refractivity contribution is 0.0302. The van der Waals surface area contributed by atoms with Crippen LogP contribution in [0.25, 0.3) is 0 Å². The second-order valence-electron chi connectivity index (χ2n) is 27.8. The van der Waals surface area contributed by atoms with Gasteiger partial charge in [0.05, 0.1) is 0 Å². The third kappa shape index (κ3) is 22.5. The zero-order chi connectivity index (χ0) is 49.6. The average molecular weight is 988 g/mol. The van der Waals surface area contributed by atoms with E-state index in [4.69, 9.17) is 4.74 Å². The molecule has 0 aromatic heterocycles. The van der Waals surface area contributed by atoms with E-state index in [0.29, 0.717) is 0 Å². The van der Waals surface area contributed by atoms with E-state index in [0.717, 1.165) is 96.1 Å². The summed E-state index contributed by atoms with van der Waals surface area (Å²) in [7, 11) is 0. The van der Waals surface area contributed by atoms with E-state index in [-0.39, 0.29) is 0 Å². The third-order valence-electron chi connectivity index (χ3n) is 23.0. The Morgan fingerprint density at radius 2 is 0.465 bits per heavy atom. The molecule has 1 nitrogen and oxygen atoms in total. The Morgan fingerprint density at radius 3 is 0.718 bits per heavy atom. The van der Waals surface area contributed by atoms with Crippen LogP contribution >= 0.6 is 0 Å². The van der Waals surface area contributed by atoms with E-state index >= 15 is 0 Å². The molecule has 0 bridgehead atoms. The highest BCUT2D eigenvalue weighted by Gasteiger charge is 2.39. The van der Waals surface area contributed by atoms with Crippen molar-refractivity contribution in [2.24, 2.45) is 82.9 Å². The minimum absolute atomic E-state index is 0.939. The molecular weight excluding hydrogens is 857 g/mol. The summed E-state index contributed by atoms with van der Waals surface area (Å²) in [6.07, 6.45) is 75.4. The van der Waals surface area contributed by atoms with Crippen LogP contribution in [-0.4, -0.2) is 13.2 Å². The minimum Gasteiger partial charge on any atom is -0.381 e. The minimum atomic E-state index is 0.939. The Morgan fingerprint density at radius 1 is 0.254 bits per heavy atom. The second-order valence-corrected chi connectivity index (χ2v) is 27.8. The van der Waals surface area contributed by atoms with Gasteiger partial charge in [-0.1, -0.05) is 233 Å². The van der Waals surface area contributed by atoms with Crippen molar-refractivity contribution in [1.29, 1.82) is 0 Å². The van der Waals surface area contributed by atoms with E-state index in [1.54, 1.807) is 154 Å². The fourth-order valence-corrected chi connectivity index (χ4v) is 18.2. The second kappa shape index (κ2) is 36.9. The first-order valence-electron chi connectivity index (χ1n) is 34.7. The van der Waals surface area contributed by atoms with Crippen molar-refractivity contribution in [3.8, 4) is 0 Å². The molecule has 2 unspecified atom stereocenters. The van der Waals surface area contributed by atoms with Crippen LogP contribution in [0.2, 0.25) is 0 Å². The van der Waals surface area contributed by atoms with Crippen LogP contribution in [0.1, 0.15) is 349 Å². The summed E-state index contributed by atoms with van der Waals surface area (Å²) in [6, 6.07) is 0. The molecule has 0 heterocycles. The van der Waals surface area contributed by atoms with Gasteiger partial charge in [-0.05, 0) is 198 Å². The number of hydrogen-bond donors (Lipinski definition) is 0. The van der Waals surface area contributed by atoms with E-state index < -0.39 is 0 Å². The van der Waals surface area contributed by atoms with E-state index in [9.17, 15) is 0 Å². The van der Waals surface area contributed by atoms with Crippen LogP contribution in [0.3, 0.4) is 0 Å². The Labute approximate surface area is 447 Å². The van der Waals surface area contributed by atoms with Gasteiger partial charge in [-0.2, -0.15) is 0 Å². The molecule has 2 atom stereocenters. The summed E-state index contributed by atoms with van der Waals surface area (Å²) >= 11 is 0. The van der Waals surface area contributed by atoms with E-state index in [1.165, 1.54) is 167 Å². The van der Waals surface area contributed by atoms with Gasteiger partial charge in [0, 0.05) is 13.2 Å². The van der Waals surface area contributed by atoms with Crippen LogP contribution in [0.15, 0.2) is 0 Å². The summed E-state index contributed by atoms with van der Waals surface area (Å²) in [5.74, 6) is 14.2. The molecule has 6 rings (SSSR count). The molecule has 1 heteroatoms. The quantitative estimate of drug-likeness (QED) is 0.0569. The summed E-state index contributed by atoms with van der Waals surface area (Å²) in [6.45, 7) is 11.6. The van der Waals surface area contributed by atoms with Gasteiger partial charge < -0.3 is 4.74 Å². The van der Waals surface area contributed by atoms with Crippen LogP contribution in [0.5, 0.6) is 0 Å². The fraction of sp³-hybridized carbons (Fsp3) is 1.00. The third-order valence-corrected chi connectivity index (χ3v) is 23.0. The molecule has 0 radical (unpaired) electrons. The predicted octanol–water partition coefficient (Wildman–Crippen LogP) is 23.3. The van der Waals surface area contributed by atoms with Crippen LogP contribution in [-0.2, 0) is 4.74 Å². The number of unbranched alkanes of at least 4 members (excludes halogenated alkanes) is 16. The normalized spacial score (nSPS) is 33.0. The lowest BCUT2D eigenvalue weighted by atomic mass is 9.63. The molecule has 416 valence electrons. The van der Waals surface area contributed by atoms with Crippen molar-refractivity contribution >= 4 is 0 Å². The Hall–Kier alpha value is -0.0400. The predicted molar refractivity (Wildman–Crippen MR) is 313 cm³/mol. The van der Waals surface area contributed by atoms with Crippen molar-refractivity contribution in [2.45, 2.75) is 349 Å². The van der Waals surface area contributed by atoms with Gasteiger partial charge in [0.25, 0.3) is 0 Å².